The highest BCUT2D eigenvalue weighted by Crippen LogP contribution is 2.40. The predicted octanol–water partition coefficient (Wildman–Crippen LogP) is 3.06. The minimum absolute atomic E-state index is 0.0575. The van der Waals surface area contributed by atoms with Crippen LogP contribution in [-0.4, -0.2) is 45.8 Å². The number of ether oxygens (including phenoxy) is 1. The summed E-state index contributed by atoms with van der Waals surface area (Å²) >= 11 is 0. The Morgan fingerprint density at radius 2 is 1.96 bits per heavy atom. The third-order valence-corrected chi connectivity index (χ3v) is 5.78. The lowest BCUT2D eigenvalue weighted by Gasteiger charge is -2.22. The number of aliphatic hydroxyl groups is 1. The van der Waals surface area contributed by atoms with Gasteiger partial charge in [0.2, 0.25) is 0 Å². The van der Waals surface area contributed by atoms with Crippen molar-refractivity contribution in [2.24, 2.45) is 11.8 Å². The van der Waals surface area contributed by atoms with Crippen molar-refractivity contribution in [1.82, 2.24) is 9.88 Å². The monoisotopic (exact) mass is 372 g/mol. The summed E-state index contributed by atoms with van der Waals surface area (Å²) in [6, 6.07) is 8.46. The Kier molecular flexibility index (Phi) is 5.02. The summed E-state index contributed by atoms with van der Waals surface area (Å²) in [5, 5.41) is 19.7. The number of aromatic hydroxyl groups is 1. The smallest absolute Gasteiger partial charge is 0.167 e. The SMILES string of the molecule is Cc1cccc(OC2C[C@@H]3CN(CC(O)c4ccc(O)cn4)C[C@@H]3C2)c1F. The predicted molar refractivity (Wildman–Crippen MR) is 99.1 cm³/mol. The molecule has 2 aliphatic rings. The lowest BCUT2D eigenvalue weighted by atomic mass is 10.0. The topological polar surface area (TPSA) is 65.8 Å². The number of hydrogen-bond acceptors (Lipinski definition) is 5. The highest BCUT2D eigenvalue weighted by molar-refractivity contribution is 5.30. The van der Waals surface area contributed by atoms with E-state index < -0.39 is 6.10 Å². The van der Waals surface area contributed by atoms with Crippen LogP contribution in [0, 0.1) is 24.6 Å². The summed E-state index contributed by atoms with van der Waals surface area (Å²) in [6.07, 6.45) is 2.58. The fraction of sp³-hybridized carbons (Fsp3) is 0.476. The standard InChI is InChI=1S/C21H25FN2O3/c1-13-3-2-4-20(21(13)22)27-17-7-14-10-24(11-15(14)8-17)12-19(26)18-6-5-16(25)9-23-18/h2-6,9,14-15,17,19,25-26H,7-8,10-12H2,1H3/t14-,15+,17?,19?. The highest BCUT2D eigenvalue weighted by Gasteiger charge is 2.42. The molecule has 1 aliphatic heterocycles. The van der Waals surface area contributed by atoms with Gasteiger partial charge in [-0.25, -0.2) is 4.39 Å². The Morgan fingerprint density at radius 1 is 1.22 bits per heavy atom. The summed E-state index contributed by atoms with van der Waals surface area (Å²) < 4.78 is 20.1. The Bertz CT molecular complexity index is 785. The molecule has 0 bridgehead atoms. The van der Waals surface area contributed by atoms with E-state index in [1.165, 1.54) is 12.3 Å². The van der Waals surface area contributed by atoms with Gasteiger partial charge >= 0.3 is 0 Å². The van der Waals surface area contributed by atoms with Crippen LogP contribution in [0.4, 0.5) is 4.39 Å². The first-order valence-electron chi connectivity index (χ1n) is 9.46. The van der Waals surface area contributed by atoms with Crippen molar-refractivity contribution in [2.75, 3.05) is 19.6 Å². The number of β-amino-alcohol motifs (C(OH)–C–C–N with tert-alkyl or cyclic N) is 1. The molecule has 0 amide bonds. The average molecular weight is 372 g/mol. The first kappa shape index (κ1) is 18.2. The van der Waals surface area contributed by atoms with Crippen LogP contribution in [0.1, 0.15) is 30.2 Å². The Balaban J connectivity index is 1.30. The molecule has 1 aromatic heterocycles. The number of aliphatic hydroxyl groups excluding tert-OH is 1. The van der Waals surface area contributed by atoms with Crippen LogP contribution in [0.15, 0.2) is 36.5 Å². The van der Waals surface area contributed by atoms with Gasteiger partial charge in [0, 0.05) is 19.6 Å². The number of aromatic nitrogens is 1. The Hall–Kier alpha value is -2.18. The van der Waals surface area contributed by atoms with Gasteiger partial charge in [0.1, 0.15) is 11.9 Å². The summed E-state index contributed by atoms with van der Waals surface area (Å²) in [7, 11) is 0. The van der Waals surface area contributed by atoms with Crippen LogP contribution in [0.5, 0.6) is 11.5 Å². The Morgan fingerprint density at radius 3 is 2.63 bits per heavy atom. The number of likely N-dealkylation sites (tertiary alicyclic amines) is 1. The van der Waals surface area contributed by atoms with Gasteiger partial charge in [0.25, 0.3) is 0 Å². The van der Waals surface area contributed by atoms with E-state index in [1.807, 2.05) is 6.07 Å². The minimum Gasteiger partial charge on any atom is -0.506 e. The van der Waals surface area contributed by atoms with Crippen molar-refractivity contribution in [2.45, 2.75) is 32.0 Å². The number of hydrogen-bond donors (Lipinski definition) is 2. The molecule has 2 heterocycles. The highest BCUT2D eigenvalue weighted by atomic mass is 19.1. The largest absolute Gasteiger partial charge is 0.506 e. The van der Waals surface area contributed by atoms with Crippen LogP contribution in [0.3, 0.4) is 0 Å². The summed E-state index contributed by atoms with van der Waals surface area (Å²) in [5.41, 5.74) is 1.18. The zero-order valence-corrected chi connectivity index (χ0v) is 15.4. The van der Waals surface area contributed by atoms with Gasteiger partial charge < -0.3 is 14.9 Å². The van der Waals surface area contributed by atoms with Crippen molar-refractivity contribution >= 4 is 0 Å². The zero-order chi connectivity index (χ0) is 19.0. The molecule has 0 spiro atoms. The second-order valence-electron chi connectivity index (χ2n) is 7.79. The van der Waals surface area contributed by atoms with Gasteiger partial charge in [-0.1, -0.05) is 12.1 Å². The van der Waals surface area contributed by atoms with Crippen LogP contribution >= 0.6 is 0 Å². The van der Waals surface area contributed by atoms with Gasteiger partial charge in [-0.15, -0.1) is 0 Å². The van der Waals surface area contributed by atoms with Gasteiger partial charge in [-0.05, 0) is 55.4 Å². The molecule has 144 valence electrons. The van der Waals surface area contributed by atoms with E-state index in [4.69, 9.17) is 4.74 Å². The quantitative estimate of drug-likeness (QED) is 0.845. The number of fused-ring (bicyclic) bond motifs is 1. The van der Waals surface area contributed by atoms with E-state index in [-0.39, 0.29) is 17.7 Å². The van der Waals surface area contributed by atoms with Crippen molar-refractivity contribution in [3.63, 3.8) is 0 Å². The molecule has 1 aromatic carbocycles. The van der Waals surface area contributed by atoms with Crippen LogP contribution in [0.25, 0.3) is 0 Å². The third kappa shape index (κ3) is 3.92. The molecule has 4 atom stereocenters. The van der Waals surface area contributed by atoms with Gasteiger partial charge in [-0.2, -0.15) is 0 Å². The zero-order valence-electron chi connectivity index (χ0n) is 15.4. The number of aryl methyl sites for hydroxylation is 1. The van der Waals surface area contributed by atoms with Gasteiger partial charge in [0.05, 0.1) is 18.0 Å². The fourth-order valence-corrected chi connectivity index (χ4v) is 4.41. The van der Waals surface area contributed by atoms with Gasteiger partial charge in [0.15, 0.2) is 11.6 Å². The molecule has 5 nitrogen and oxygen atoms in total. The van der Waals surface area contributed by atoms with Crippen molar-refractivity contribution in [3.05, 3.63) is 53.6 Å². The third-order valence-electron chi connectivity index (χ3n) is 5.78. The maximum absolute atomic E-state index is 14.2. The maximum Gasteiger partial charge on any atom is 0.167 e. The molecule has 0 radical (unpaired) electrons. The molecule has 6 heteroatoms. The number of rotatable bonds is 5. The van der Waals surface area contributed by atoms with Crippen LogP contribution in [0.2, 0.25) is 0 Å². The van der Waals surface area contributed by atoms with Crippen molar-refractivity contribution in [1.29, 1.82) is 0 Å². The molecule has 2 N–H and O–H groups in total. The summed E-state index contributed by atoms with van der Waals surface area (Å²) in [5.74, 6) is 1.22. The number of halogens is 1. The molecule has 27 heavy (non-hydrogen) atoms. The molecule has 4 rings (SSSR count). The van der Waals surface area contributed by atoms with E-state index in [0.717, 1.165) is 25.9 Å². The molecule has 1 saturated carbocycles. The van der Waals surface area contributed by atoms with E-state index in [2.05, 4.69) is 9.88 Å². The first-order valence-corrected chi connectivity index (χ1v) is 9.46. The lowest BCUT2D eigenvalue weighted by Crippen LogP contribution is -2.29. The normalized spacial score (nSPS) is 26.1. The van der Waals surface area contributed by atoms with E-state index in [9.17, 15) is 14.6 Å². The maximum atomic E-state index is 14.2. The molecule has 2 aromatic rings. The lowest BCUT2D eigenvalue weighted by molar-refractivity contribution is 0.112. The second-order valence-corrected chi connectivity index (χ2v) is 7.79. The molecule has 1 saturated heterocycles. The molecule has 1 aliphatic carbocycles. The van der Waals surface area contributed by atoms with Crippen molar-refractivity contribution < 1.29 is 19.3 Å². The molecular weight excluding hydrogens is 347 g/mol. The number of benzene rings is 1. The molecular formula is C21H25FN2O3. The minimum atomic E-state index is -0.669. The Labute approximate surface area is 158 Å². The number of pyridine rings is 1. The van der Waals surface area contributed by atoms with E-state index >= 15 is 0 Å². The van der Waals surface area contributed by atoms with Crippen molar-refractivity contribution in [3.8, 4) is 11.5 Å². The fourth-order valence-electron chi connectivity index (χ4n) is 4.41. The van der Waals surface area contributed by atoms with E-state index in [0.29, 0.717) is 35.4 Å². The average Bonchev–Trinajstić information content (AvgIpc) is 3.17. The number of nitrogens with zero attached hydrogens (tertiary/aromatic N) is 2. The summed E-state index contributed by atoms with van der Waals surface area (Å²) in [6.45, 7) is 4.10. The van der Waals surface area contributed by atoms with Crippen LogP contribution < -0.4 is 4.74 Å². The summed E-state index contributed by atoms with van der Waals surface area (Å²) in [4.78, 5) is 6.35. The van der Waals surface area contributed by atoms with Crippen LogP contribution in [-0.2, 0) is 0 Å². The molecule has 2 unspecified atom stereocenters. The second kappa shape index (κ2) is 7.44. The molecule has 2 fully saturated rings. The van der Waals surface area contributed by atoms with Gasteiger partial charge in [-0.3, -0.25) is 9.88 Å². The van der Waals surface area contributed by atoms with E-state index in [1.54, 1.807) is 25.1 Å². The first-order chi connectivity index (χ1) is 13.0.